The molecule has 0 saturated carbocycles. The van der Waals surface area contributed by atoms with Crippen molar-refractivity contribution in [3.8, 4) is 5.75 Å². The summed E-state index contributed by atoms with van der Waals surface area (Å²) < 4.78 is 131. The minimum atomic E-state index is -2.35. The molecule has 0 aliphatic carbocycles. The van der Waals surface area contributed by atoms with Gasteiger partial charge in [-0.25, -0.2) is 44.7 Å². The van der Waals surface area contributed by atoms with E-state index in [9.17, 15) is 53.5 Å². The fourth-order valence-electron chi connectivity index (χ4n) is 1.79. The first-order valence-corrected chi connectivity index (χ1v) is 7.48. The summed E-state index contributed by atoms with van der Waals surface area (Å²) in [5.41, 5.74) is -2.75. The van der Waals surface area contributed by atoms with Crippen molar-refractivity contribution in [1.29, 1.82) is 0 Å². The van der Waals surface area contributed by atoms with Crippen LogP contribution in [-0.4, -0.2) is 17.0 Å². The number of carboxylic acid groups (broad SMARTS) is 1. The highest BCUT2D eigenvalue weighted by molar-refractivity contribution is 6.14. The van der Waals surface area contributed by atoms with Crippen molar-refractivity contribution in [2.45, 2.75) is 0 Å². The molecular weight excluding hydrogens is 470 g/mol. The Morgan fingerprint density at radius 2 is 0.969 bits per heavy atom. The Labute approximate surface area is 170 Å². The van der Waals surface area contributed by atoms with Crippen molar-refractivity contribution in [2.75, 3.05) is 0 Å². The third-order valence-electron chi connectivity index (χ3n) is 3.31. The van der Waals surface area contributed by atoms with Gasteiger partial charge in [0.25, 0.3) is 0 Å². The summed E-state index contributed by atoms with van der Waals surface area (Å²) in [5.74, 6) is -27.2. The first kappa shape index (κ1) is 26.2. The zero-order valence-electron chi connectivity index (χ0n) is 14.9. The third kappa shape index (κ3) is 4.90. The maximum Gasteiger partial charge on any atom is 0.335 e. The highest BCUT2D eigenvalue weighted by Gasteiger charge is 2.29. The lowest BCUT2D eigenvalue weighted by molar-refractivity contribution is -0.130. The number of carbonyl (C=O) groups excluding carboxylic acids is 1. The van der Waals surface area contributed by atoms with Crippen LogP contribution in [-0.2, 0) is 9.59 Å². The van der Waals surface area contributed by atoms with Gasteiger partial charge in [0.1, 0.15) is 0 Å². The summed E-state index contributed by atoms with van der Waals surface area (Å²) in [6.45, 7) is 5.62. The maximum atomic E-state index is 13.0. The average Bonchev–Trinajstić information content (AvgIpc) is 2.76. The molecule has 172 valence electrons. The minimum absolute atomic E-state index is 0.512. The second kappa shape index (κ2) is 9.98. The molecule has 0 fully saturated rings. The second-order valence-corrected chi connectivity index (χ2v) is 5.25. The second-order valence-electron chi connectivity index (χ2n) is 5.25. The van der Waals surface area contributed by atoms with Gasteiger partial charge >= 0.3 is 11.9 Å². The van der Waals surface area contributed by atoms with Crippen LogP contribution in [0.1, 0.15) is 5.56 Å². The predicted octanol–water partition coefficient (Wildman–Crippen LogP) is 4.95. The Morgan fingerprint density at radius 1 is 0.656 bits per heavy atom. The van der Waals surface area contributed by atoms with E-state index >= 15 is 0 Å². The molecule has 1 N–H and O–H groups in total. The van der Waals surface area contributed by atoms with Crippen molar-refractivity contribution >= 4 is 17.5 Å². The van der Waals surface area contributed by atoms with E-state index in [4.69, 9.17) is 5.11 Å². The lowest BCUT2D eigenvalue weighted by atomic mass is 10.1. The lowest BCUT2D eigenvalue weighted by Gasteiger charge is -2.07. The van der Waals surface area contributed by atoms with Crippen molar-refractivity contribution in [3.63, 3.8) is 0 Å². The van der Waals surface area contributed by atoms with E-state index in [1.165, 1.54) is 0 Å². The van der Waals surface area contributed by atoms with Crippen molar-refractivity contribution in [1.82, 2.24) is 0 Å². The summed E-state index contributed by atoms with van der Waals surface area (Å²) in [6, 6.07) is 0. The van der Waals surface area contributed by atoms with Crippen LogP contribution in [0.15, 0.2) is 19.2 Å². The number of esters is 1. The first-order valence-electron chi connectivity index (χ1n) is 7.48. The molecule has 32 heavy (non-hydrogen) atoms. The van der Waals surface area contributed by atoms with Crippen LogP contribution in [0.5, 0.6) is 5.75 Å². The molecule has 0 amide bonds. The topological polar surface area (TPSA) is 63.6 Å². The van der Waals surface area contributed by atoms with Crippen LogP contribution in [0, 0.1) is 58.2 Å². The number of aliphatic carboxylic acids is 1. The average molecular weight is 476 g/mol. The fourth-order valence-corrected chi connectivity index (χ4v) is 1.79. The quantitative estimate of drug-likeness (QED) is 0.169. The molecule has 0 unspecified atom stereocenters. The van der Waals surface area contributed by atoms with E-state index in [0.29, 0.717) is 6.08 Å². The molecule has 0 spiro atoms. The zero-order chi connectivity index (χ0) is 25.1. The van der Waals surface area contributed by atoms with Gasteiger partial charge in [-0.3, -0.25) is 0 Å². The molecule has 2 rings (SSSR count). The molecule has 0 heterocycles. The van der Waals surface area contributed by atoms with Gasteiger partial charge in [0.15, 0.2) is 23.3 Å². The van der Waals surface area contributed by atoms with Gasteiger partial charge in [-0.1, -0.05) is 13.2 Å². The standard InChI is InChI=1S/2C9H3F5O2/c1-2-3(15)16-9-7(13)5(11)4(10)6(12)8(9)14;1-2(9(15)16)3-4(10)6(12)8(14)7(13)5(3)11/h2H,1H2;1H2,(H,15,16). The third-order valence-corrected chi connectivity index (χ3v) is 3.31. The van der Waals surface area contributed by atoms with Gasteiger partial charge in [-0.2, -0.15) is 8.78 Å². The first-order chi connectivity index (χ1) is 14.7. The molecule has 0 aromatic heterocycles. The molecule has 0 atom stereocenters. The highest BCUT2D eigenvalue weighted by Crippen LogP contribution is 2.29. The number of carboxylic acids is 1. The van der Waals surface area contributed by atoms with E-state index in [-0.39, 0.29) is 0 Å². The molecule has 14 heteroatoms. The van der Waals surface area contributed by atoms with Crippen LogP contribution in [0.4, 0.5) is 43.9 Å². The molecule has 2 aromatic carbocycles. The van der Waals surface area contributed by atoms with Crippen LogP contribution in [0.25, 0.3) is 5.57 Å². The fraction of sp³-hybridized carbons (Fsp3) is 0. The predicted molar refractivity (Wildman–Crippen MR) is 85.0 cm³/mol. The van der Waals surface area contributed by atoms with Crippen molar-refractivity contribution in [2.24, 2.45) is 0 Å². The normalized spacial score (nSPS) is 10.2. The van der Waals surface area contributed by atoms with Crippen molar-refractivity contribution < 1.29 is 63.3 Å². The van der Waals surface area contributed by atoms with E-state index < -0.39 is 87.0 Å². The van der Waals surface area contributed by atoms with Gasteiger partial charge in [0.2, 0.25) is 40.7 Å². The Balaban J connectivity index is 0.000000320. The number of benzene rings is 2. The summed E-state index contributed by atoms with van der Waals surface area (Å²) in [6.07, 6.45) is 0.512. The molecular formula is C18H6F10O4. The van der Waals surface area contributed by atoms with E-state index in [1.807, 2.05) is 0 Å². The molecule has 2 aromatic rings. The van der Waals surface area contributed by atoms with E-state index in [0.717, 1.165) is 0 Å². The van der Waals surface area contributed by atoms with Crippen LogP contribution in [0.3, 0.4) is 0 Å². The van der Waals surface area contributed by atoms with E-state index in [2.05, 4.69) is 17.9 Å². The van der Waals surface area contributed by atoms with Gasteiger partial charge < -0.3 is 9.84 Å². The van der Waals surface area contributed by atoms with E-state index in [1.54, 1.807) is 0 Å². The Kier molecular flexibility index (Phi) is 8.17. The Bertz CT molecular complexity index is 1080. The molecule has 0 aliphatic rings. The number of rotatable bonds is 4. The van der Waals surface area contributed by atoms with Crippen LogP contribution < -0.4 is 4.74 Å². The van der Waals surface area contributed by atoms with Gasteiger partial charge in [-0.05, 0) is 0 Å². The molecule has 4 nitrogen and oxygen atoms in total. The molecule has 0 radical (unpaired) electrons. The zero-order valence-corrected chi connectivity index (χ0v) is 14.9. The van der Waals surface area contributed by atoms with Crippen LogP contribution >= 0.6 is 0 Å². The van der Waals surface area contributed by atoms with Gasteiger partial charge in [0.05, 0.1) is 11.1 Å². The number of carbonyl (C=O) groups is 2. The lowest BCUT2D eigenvalue weighted by Crippen LogP contribution is -2.11. The summed E-state index contributed by atoms with van der Waals surface area (Å²) >= 11 is 0. The summed E-state index contributed by atoms with van der Waals surface area (Å²) in [5, 5.41) is 8.36. The highest BCUT2D eigenvalue weighted by atomic mass is 19.2. The van der Waals surface area contributed by atoms with Gasteiger partial charge in [0, 0.05) is 6.08 Å². The number of hydrogen-bond acceptors (Lipinski definition) is 3. The molecule has 0 bridgehead atoms. The number of halogens is 10. The van der Waals surface area contributed by atoms with Crippen LogP contribution in [0.2, 0.25) is 0 Å². The van der Waals surface area contributed by atoms with Crippen molar-refractivity contribution in [3.05, 3.63) is 83.0 Å². The maximum absolute atomic E-state index is 13.0. The molecule has 0 aliphatic heterocycles. The SMILES string of the molecule is C=C(C(=O)O)c1c(F)c(F)c(F)c(F)c1F.C=CC(=O)Oc1c(F)c(F)c(F)c(F)c1F. The Morgan fingerprint density at radius 3 is 1.28 bits per heavy atom. The minimum Gasteiger partial charge on any atom is -0.478 e. The summed E-state index contributed by atoms with van der Waals surface area (Å²) in [7, 11) is 0. The summed E-state index contributed by atoms with van der Waals surface area (Å²) in [4.78, 5) is 20.9. The molecule has 0 saturated heterocycles. The van der Waals surface area contributed by atoms with Gasteiger partial charge in [-0.15, -0.1) is 0 Å². The smallest absolute Gasteiger partial charge is 0.335 e. The Hall–Kier alpha value is -3.84. The number of ether oxygens (including phenoxy) is 1. The monoisotopic (exact) mass is 476 g/mol. The largest absolute Gasteiger partial charge is 0.478 e. The number of hydrogen-bond donors (Lipinski definition) is 1.